The first-order valence-electron chi connectivity index (χ1n) is 7.35. The maximum Gasteiger partial charge on any atom is 0.305 e. The Kier molecular flexibility index (Phi) is 5.25. The van der Waals surface area contributed by atoms with Gasteiger partial charge >= 0.3 is 5.97 Å². The molecule has 0 saturated carbocycles. The summed E-state index contributed by atoms with van der Waals surface area (Å²) < 4.78 is 4.27. The standard InChI is InChI=1S/C16H14N4O3S2/c1-9-5-12(25-20-9)11-4-2-3-10(6-11)8-17-19-16-18-15(23)13(24-16)7-14(21)22/h2-6,8,13H,7H2,1H3,(H,21,22)(H,18,19,23). The first-order valence-corrected chi connectivity index (χ1v) is 9.00. The second-order valence-electron chi connectivity index (χ2n) is 5.30. The predicted molar refractivity (Wildman–Crippen MR) is 99.1 cm³/mol. The van der Waals surface area contributed by atoms with Crippen LogP contribution < -0.4 is 5.32 Å². The molecule has 1 aliphatic rings. The largest absolute Gasteiger partial charge is 0.481 e. The van der Waals surface area contributed by atoms with E-state index >= 15 is 0 Å². The van der Waals surface area contributed by atoms with E-state index in [9.17, 15) is 9.59 Å². The quantitative estimate of drug-likeness (QED) is 0.618. The van der Waals surface area contributed by atoms with Crippen molar-refractivity contribution in [1.29, 1.82) is 0 Å². The van der Waals surface area contributed by atoms with Crippen LogP contribution in [0.15, 0.2) is 40.5 Å². The van der Waals surface area contributed by atoms with Gasteiger partial charge in [-0.1, -0.05) is 30.0 Å². The minimum atomic E-state index is -1.02. The molecule has 1 atom stereocenters. The molecule has 1 unspecified atom stereocenters. The Labute approximate surface area is 152 Å². The number of nitrogens with one attached hydrogen (secondary N) is 1. The molecule has 2 heterocycles. The van der Waals surface area contributed by atoms with E-state index < -0.39 is 11.2 Å². The Bertz CT molecular complexity index is 876. The lowest BCUT2D eigenvalue weighted by molar-refractivity contribution is -0.138. The molecule has 1 aliphatic heterocycles. The Morgan fingerprint density at radius 2 is 2.28 bits per heavy atom. The molecule has 1 aromatic heterocycles. The number of nitrogens with zero attached hydrogens (tertiary/aromatic N) is 3. The normalized spacial score (nSPS) is 18.8. The van der Waals surface area contributed by atoms with Crippen LogP contribution in [-0.2, 0) is 9.59 Å². The summed E-state index contributed by atoms with van der Waals surface area (Å²) in [6.07, 6.45) is 1.34. The average Bonchev–Trinajstić information content (AvgIpc) is 3.14. The van der Waals surface area contributed by atoms with Gasteiger partial charge in [0.15, 0.2) is 5.17 Å². The Balaban J connectivity index is 1.68. The molecule has 2 N–H and O–H groups in total. The van der Waals surface area contributed by atoms with Crippen LogP contribution >= 0.6 is 23.3 Å². The fourth-order valence-electron chi connectivity index (χ4n) is 2.16. The molecule has 2 aromatic rings. The molecule has 1 fully saturated rings. The van der Waals surface area contributed by atoms with Crippen molar-refractivity contribution in [2.24, 2.45) is 10.2 Å². The number of amides is 1. The maximum atomic E-state index is 11.6. The zero-order valence-electron chi connectivity index (χ0n) is 13.2. The van der Waals surface area contributed by atoms with E-state index in [4.69, 9.17) is 5.11 Å². The van der Waals surface area contributed by atoms with Crippen LogP contribution in [0.25, 0.3) is 10.4 Å². The molecular weight excluding hydrogens is 360 g/mol. The van der Waals surface area contributed by atoms with Gasteiger partial charge in [-0.3, -0.25) is 9.59 Å². The Hall–Kier alpha value is -2.52. The van der Waals surface area contributed by atoms with E-state index in [-0.39, 0.29) is 12.3 Å². The molecule has 7 nitrogen and oxygen atoms in total. The van der Waals surface area contributed by atoms with E-state index in [1.165, 1.54) is 11.5 Å². The highest BCUT2D eigenvalue weighted by Gasteiger charge is 2.32. The molecule has 3 rings (SSSR count). The zero-order chi connectivity index (χ0) is 17.8. The van der Waals surface area contributed by atoms with Crippen molar-refractivity contribution in [3.63, 3.8) is 0 Å². The number of carbonyl (C=O) groups is 2. The van der Waals surface area contributed by atoms with Gasteiger partial charge in [0, 0.05) is 0 Å². The van der Waals surface area contributed by atoms with Gasteiger partial charge < -0.3 is 10.4 Å². The fourth-order valence-corrected chi connectivity index (χ4v) is 3.83. The van der Waals surface area contributed by atoms with Gasteiger partial charge in [0.25, 0.3) is 0 Å². The number of rotatable bonds is 5. The van der Waals surface area contributed by atoms with Crippen molar-refractivity contribution in [2.45, 2.75) is 18.6 Å². The predicted octanol–water partition coefficient (Wildman–Crippen LogP) is 2.51. The first-order chi connectivity index (χ1) is 12.0. The summed E-state index contributed by atoms with van der Waals surface area (Å²) in [5.74, 6) is -1.38. The molecule has 0 bridgehead atoms. The van der Waals surface area contributed by atoms with E-state index in [0.717, 1.165) is 33.5 Å². The third kappa shape index (κ3) is 4.52. The zero-order valence-corrected chi connectivity index (χ0v) is 14.8. The molecular formula is C16H14N4O3S2. The number of thioether (sulfide) groups is 1. The molecule has 9 heteroatoms. The number of aryl methyl sites for hydroxylation is 1. The highest BCUT2D eigenvalue weighted by Crippen LogP contribution is 2.25. The van der Waals surface area contributed by atoms with Crippen LogP contribution in [0.1, 0.15) is 17.7 Å². The molecule has 1 amide bonds. The number of amidine groups is 1. The van der Waals surface area contributed by atoms with Gasteiger partial charge in [-0.05, 0) is 41.7 Å². The smallest absolute Gasteiger partial charge is 0.305 e. The van der Waals surface area contributed by atoms with E-state index in [2.05, 4.69) is 19.9 Å². The summed E-state index contributed by atoms with van der Waals surface area (Å²) in [6.45, 7) is 1.95. The minimum Gasteiger partial charge on any atom is -0.481 e. The van der Waals surface area contributed by atoms with Crippen LogP contribution in [0, 0.1) is 6.92 Å². The average molecular weight is 374 g/mol. The van der Waals surface area contributed by atoms with Crippen molar-refractivity contribution >= 4 is 46.6 Å². The number of carboxylic acid groups (broad SMARTS) is 1. The van der Waals surface area contributed by atoms with E-state index in [1.807, 2.05) is 37.3 Å². The highest BCUT2D eigenvalue weighted by molar-refractivity contribution is 8.15. The molecule has 128 valence electrons. The lowest BCUT2D eigenvalue weighted by Gasteiger charge is -1.98. The number of carbonyl (C=O) groups excluding carboxylic acids is 1. The van der Waals surface area contributed by atoms with Gasteiger partial charge in [0.1, 0.15) is 5.25 Å². The van der Waals surface area contributed by atoms with Gasteiger partial charge in [0.2, 0.25) is 5.91 Å². The van der Waals surface area contributed by atoms with Crippen molar-refractivity contribution in [2.75, 3.05) is 0 Å². The van der Waals surface area contributed by atoms with Gasteiger partial charge in [-0.25, -0.2) is 0 Å². The number of hydrogen-bond acceptors (Lipinski definition) is 7. The van der Waals surface area contributed by atoms with Gasteiger partial charge in [-0.15, -0.1) is 5.10 Å². The minimum absolute atomic E-state index is 0.241. The van der Waals surface area contributed by atoms with Crippen molar-refractivity contribution in [3.8, 4) is 10.4 Å². The summed E-state index contributed by atoms with van der Waals surface area (Å²) in [5, 5.41) is 18.9. The summed E-state index contributed by atoms with van der Waals surface area (Å²) >= 11 is 2.51. The number of carboxylic acids is 1. The molecule has 1 saturated heterocycles. The highest BCUT2D eigenvalue weighted by atomic mass is 32.2. The topological polar surface area (TPSA) is 104 Å². The molecule has 0 aliphatic carbocycles. The van der Waals surface area contributed by atoms with E-state index in [1.54, 1.807) is 6.21 Å². The first kappa shape index (κ1) is 17.3. The SMILES string of the molecule is Cc1cc(-c2cccc(C=NN=C3NC(=O)C(CC(=O)O)S3)c2)sn1. The van der Waals surface area contributed by atoms with Crippen LogP contribution in [0.5, 0.6) is 0 Å². The summed E-state index contributed by atoms with van der Waals surface area (Å²) in [5.41, 5.74) is 2.90. The molecule has 0 radical (unpaired) electrons. The lowest BCUT2D eigenvalue weighted by Crippen LogP contribution is -2.26. The Morgan fingerprint density at radius 1 is 1.44 bits per heavy atom. The van der Waals surface area contributed by atoms with Crippen LogP contribution in [-0.4, -0.2) is 38.0 Å². The van der Waals surface area contributed by atoms with Gasteiger partial charge in [-0.2, -0.15) is 9.47 Å². The Morgan fingerprint density at radius 3 is 3.00 bits per heavy atom. The number of aliphatic carboxylic acids is 1. The van der Waals surface area contributed by atoms with Crippen LogP contribution in [0.3, 0.4) is 0 Å². The summed E-state index contributed by atoms with van der Waals surface area (Å²) in [6, 6.07) is 9.82. The number of aromatic nitrogens is 1. The second-order valence-corrected chi connectivity index (χ2v) is 7.30. The molecule has 1 aromatic carbocycles. The van der Waals surface area contributed by atoms with Gasteiger partial charge in [0.05, 0.1) is 23.2 Å². The van der Waals surface area contributed by atoms with Crippen molar-refractivity contribution in [1.82, 2.24) is 9.69 Å². The molecule has 25 heavy (non-hydrogen) atoms. The summed E-state index contributed by atoms with van der Waals surface area (Å²) in [4.78, 5) is 23.4. The second kappa shape index (κ2) is 7.58. The van der Waals surface area contributed by atoms with Crippen LogP contribution in [0.2, 0.25) is 0 Å². The monoisotopic (exact) mass is 374 g/mol. The maximum absolute atomic E-state index is 11.6. The van der Waals surface area contributed by atoms with Crippen molar-refractivity contribution in [3.05, 3.63) is 41.6 Å². The molecule has 0 spiro atoms. The number of benzene rings is 1. The van der Waals surface area contributed by atoms with Crippen molar-refractivity contribution < 1.29 is 14.7 Å². The fraction of sp³-hybridized carbons (Fsp3) is 0.188. The number of hydrogen-bond donors (Lipinski definition) is 2. The third-order valence-electron chi connectivity index (χ3n) is 3.29. The van der Waals surface area contributed by atoms with Crippen LogP contribution in [0.4, 0.5) is 0 Å². The third-order valence-corrected chi connectivity index (χ3v) is 5.29. The van der Waals surface area contributed by atoms with E-state index in [0.29, 0.717) is 5.17 Å². The lowest BCUT2D eigenvalue weighted by atomic mass is 10.1. The summed E-state index contributed by atoms with van der Waals surface area (Å²) in [7, 11) is 0.